The van der Waals surface area contributed by atoms with Crippen LogP contribution in [0.5, 0.6) is 0 Å². The van der Waals surface area contributed by atoms with Crippen molar-refractivity contribution >= 4 is 0 Å². The minimum atomic E-state index is -0.293. The van der Waals surface area contributed by atoms with E-state index in [9.17, 15) is 5.11 Å². The Kier molecular flexibility index (Phi) is 4.99. The third-order valence-corrected chi connectivity index (χ3v) is 3.14. The predicted octanol–water partition coefficient (Wildman–Crippen LogP) is -0.942. The van der Waals surface area contributed by atoms with Crippen molar-refractivity contribution < 1.29 is 14.6 Å². The summed E-state index contributed by atoms with van der Waals surface area (Å²) in [6, 6.07) is 0.430. The summed E-state index contributed by atoms with van der Waals surface area (Å²) in [6.07, 6.45) is 0.767. The lowest BCUT2D eigenvalue weighted by Gasteiger charge is -2.28. The molecule has 0 radical (unpaired) electrons. The molecule has 2 unspecified atom stereocenters. The quantitative estimate of drug-likeness (QED) is 0.638. The molecule has 0 bridgehead atoms. The Morgan fingerprint density at radius 2 is 2.06 bits per heavy atom. The van der Waals surface area contributed by atoms with Crippen LogP contribution >= 0.6 is 0 Å². The van der Waals surface area contributed by atoms with Crippen LogP contribution in [0.25, 0.3) is 0 Å². The van der Waals surface area contributed by atoms with Crippen LogP contribution in [0, 0.1) is 0 Å². The number of morpholine rings is 1. The average Bonchev–Trinajstić information content (AvgIpc) is 2.81. The van der Waals surface area contributed by atoms with Crippen molar-refractivity contribution in [1.29, 1.82) is 0 Å². The fraction of sp³-hybridized carbons (Fsp3) is 1.00. The summed E-state index contributed by atoms with van der Waals surface area (Å²) in [6.45, 7) is 6.47. The number of rotatable bonds is 5. The van der Waals surface area contributed by atoms with Crippen LogP contribution < -0.4 is 5.32 Å². The SMILES string of the molecule is OC(CNC1CCOC1)CN1CCOCC1. The van der Waals surface area contributed by atoms with Crippen LogP contribution in [0.1, 0.15) is 6.42 Å². The molecule has 5 nitrogen and oxygen atoms in total. The van der Waals surface area contributed by atoms with Crippen LogP contribution in [-0.4, -0.2) is 74.8 Å². The number of hydrogen-bond donors (Lipinski definition) is 2. The number of aliphatic hydroxyl groups is 1. The lowest BCUT2D eigenvalue weighted by atomic mass is 10.2. The van der Waals surface area contributed by atoms with Gasteiger partial charge in [-0.1, -0.05) is 0 Å². The molecule has 5 heteroatoms. The second-order valence-corrected chi connectivity index (χ2v) is 4.54. The second kappa shape index (κ2) is 6.51. The summed E-state index contributed by atoms with van der Waals surface area (Å²) in [5.41, 5.74) is 0. The fourth-order valence-corrected chi connectivity index (χ4v) is 2.14. The first kappa shape index (κ1) is 12.3. The van der Waals surface area contributed by atoms with Crippen LogP contribution in [0.3, 0.4) is 0 Å². The first-order chi connectivity index (χ1) is 7.84. The number of hydrogen-bond acceptors (Lipinski definition) is 5. The van der Waals surface area contributed by atoms with E-state index in [4.69, 9.17) is 9.47 Å². The van der Waals surface area contributed by atoms with E-state index < -0.39 is 0 Å². The van der Waals surface area contributed by atoms with E-state index in [1.807, 2.05) is 0 Å². The number of β-amino-alcohol motifs (C(OH)–C–C–N with tert-alkyl or cyclic N) is 1. The first-order valence-corrected chi connectivity index (χ1v) is 6.14. The molecule has 2 aliphatic heterocycles. The zero-order valence-electron chi connectivity index (χ0n) is 9.73. The summed E-state index contributed by atoms with van der Waals surface area (Å²) in [5.74, 6) is 0. The number of ether oxygens (including phenoxy) is 2. The highest BCUT2D eigenvalue weighted by atomic mass is 16.5. The zero-order valence-corrected chi connectivity index (χ0v) is 9.73. The molecule has 2 atom stereocenters. The Hall–Kier alpha value is -0.200. The first-order valence-electron chi connectivity index (χ1n) is 6.14. The molecule has 2 aliphatic rings. The molecule has 0 aromatic heterocycles. The lowest BCUT2D eigenvalue weighted by molar-refractivity contribution is 0.0144. The normalized spacial score (nSPS) is 29.4. The molecule has 94 valence electrons. The summed E-state index contributed by atoms with van der Waals surface area (Å²) >= 11 is 0. The van der Waals surface area contributed by atoms with E-state index in [1.54, 1.807) is 0 Å². The molecule has 2 heterocycles. The third-order valence-electron chi connectivity index (χ3n) is 3.14. The Balaban J connectivity index is 1.57. The van der Waals surface area contributed by atoms with E-state index in [1.165, 1.54) is 0 Å². The molecule has 2 N–H and O–H groups in total. The van der Waals surface area contributed by atoms with Gasteiger partial charge >= 0.3 is 0 Å². The molecule has 0 aromatic carbocycles. The molecule has 2 fully saturated rings. The van der Waals surface area contributed by atoms with Gasteiger partial charge in [0.25, 0.3) is 0 Å². The highest BCUT2D eigenvalue weighted by molar-refractivity contribution is 4.75. The van der Waals surface area contributed by atoms with Crippen LogP contribution in [0.2, 0.25) is 0 Å². The van der Waals surface area contributed by atoms with E-state index in [0.29, 0.717) is 12.6 Å². The molecular weight excluding hydrogens is 208 g/mol. The fourth-order valence-electron chi connectivity index (χ4n) is 2.14. The van der Waals surface area contributed by atoms with Gasteiger partial charge in [0.2, 0.25) is 0 Å². The third kappa shape index (κ3) is 3.99. The van der Waals surface area contributed by atoms with E-state index in [2.05, 4.69) is 10.2 Å². The number of nitrogens with zero attached hydrogens (tertiary/aromatic N) is 1. The molecule has 0 aliphatic carbocycles. The predicted molar refractivity (Wildman–Crippen MR) is 60.5 cm³/mol. The highest BCUT2D eigenvalue weighted by Crippen LogP contribution is 2.03. The van der Waals surface area contributed by atoms with Gasteiger partial charge < -0.3 is 19.9 Å². The largest absolute Gasteiger partial charge is 0.390 e. The summed E-state index contributed by atoms with van der Waals surface area (Å²) in [7, 11) is 0. The molecule has 0 saturated carbocycles. The van der Waals surface area contributed by atoms with Gasteiger partial charge in [-0.05, 0) is 6.42 Å². The Morgan fingerprint density at radius 1 is 1.25 bits per heavy atom. The van der Waals surface area contributed by atoms with E-state index >= 15 is 0 Å². The van der Waals surface area contributed by atoms with Crippen molar-refractivity contribution in [3.63, 3.8) is 0 Å². The highest BCUT2D eigenvalue weighted by Gasteiger charge is 2.18. The van der Waals surface area contributed by atoms with Gasteiger partial charge in [-0.25, -0.2) is 0 Å². The Bertz CT molecular complexity index is 192. The van der Waals surface area contributed by atoms with Gasteiger partial charge in [-0.15, -0.1) is 0 Å². The van der Waals surface area contributed by atoms with Crippen molar-refractivity contribution in [1.82, 2.24) is 10.2 Å². The lowest BCUT2D eigenvalue weighted by Crippen LogP contribution is -2.45. The summed E-state index contributed by atoms with van der Waals surface area (Å²) < 4.78 is 10.5. The molecule has 2 rings (SSSR count). The minimum absolute atomic E-state index is 0.293. The topological polar surface area (TPSA) is 54.0 Å². The van der Waals surface area contributed by atoms with Crippen LogP contribution in [0.15, 0.2) is 0 Å². The Labute approximate surface area is 96.7 Å². The van der Waals surface area contributed by atoms with Gasteiger partial charge in [0.1, 0.15) is 0 Å². The number of nitrogens with one attached hydrogen (secondary N) is 1. The van der Waals surface area contributed by atoms with Crippen molar-refractivity contribution in [3.8, 4) is 0 Å². The zero-order chi connectivity index (χ0) is 11.2. The van der Waals surface area contributed by atoms with E-state index in [-0.39, 0.29) is 6.10 Å². The average molecular weight is 230 g/mol. The number of aliphatic hydroxyl groups excluding tert-OH is 1. The van der Waals surface area contributed by atoms with Crippen molar-refractivity contribution in [2.24, 2.45) is 0 Å². The maximum atomic E-state index is 9.88. The van der Waals surface area contributed by atoms with Gasteiger partial charge in [0.05, 0.1) is 25.9 Å². The van der Waals surface area contributed by atoms with Crippen LogP contribution in [-0.2, 0) is 9.47 Å². The molecular formula is C11H22N2O3. The smallest absolute Gasteiger partial charge is 0.0791 e. The maximum absolute atomic E-state index is 9.88. The van der Waals surface area contributed by atoms with Gasteiger partial charge in [-0.2, -0.15) is 0 Å². The molecule has 16 heavy (non-hydrogen) atoms. The summed E-state index contributed by atoms with van der Waals surface area (Å²) in [5, 5.41) is 13.2. The molecule has 0 amide bonds. The molecule has 0 spiro atoms. The van der Waals surface area contributed by atoms with E-state index in [0.717, 1.165) is 52.5 Å². The minimum Gasteiger partial charge on any atom is -0.390 e. The van der Waals surface area contributed by atoms with Crippen molar-refractivity contribution in [2.75, 3.05) is 52.6 Å². The maximum Gasteiger partial charge on any atom is 0.0791 e. The van der Waals surface area contributed by atoms with Gasteiger partial charge in [0, 0.05) is 38.8 Å². The van der Waals surface area contributed by atoms with Crippen molar-refractivity contribution in [3.05, 3.63) is 0 Å². The van der Waals surface area contributed by atoms with Gasteiger partial charge in [-0.3, -0.25) is 4.90 Å². The van der Waals surface area contributed by atoms with Crippen molar-refractivity contribution in [2.45, 2.75) is 18.6 Å². The summed E-state index contributed by atoms with van der Waals surface area (Å²) in [4.78, 5) is 2.25. The molecule has 2 saturated heterocycles. The standard InChI is InChI=1S/C11H22N2O3/c14-11(7-12-10-1-4-16-9-10)8-13-2-5-15-6-3-13/h10-12,14H,1-9H2. The van der Waals surface area contributed by atoms with Gasteiger partial charge in [0.15, 0.2) is 0 Å². The van der Waals surface area contributed by atoms with Crippen LogP contribution in [0.4, 0.5) is 0 Å². The monoisotopic (exact) mass is 230 g/mol. The molecule has 0 aromatic rings. The second-order valence-electron chi connectivity index (χ2n) is 4.54. The Morgan fingerprint density at radius 3 is 2.75 bits per heavy atom.